The van der Waals surface area contributed by atoms with Crippen LogP contribution in [0.4, 0.5) is 0 Å². The van der Waals surface area contributed by atoms with Crippen LogP contribution in [-0.2, 0) is 4.79 Å². The van der Waals surface area contributed by atoms with Crippen LogP contribution < -0.4 is 0 Å². The molecule has 3 unspecified atom stereocenters. The van der Waals surface area contributed by atoms with Gasteiger partial charge in [0.25, 0.3) is 0 Å². The van der Waals surface area contributed by atoms with E-state index in [0.717, 1.165) is 0 Å². The minimum absolute atomic E-state index is 0.0200. The third-order valence-electron chi connectivity index (χ3n) is 2.03. The van der Waals surface area contributed by atoms with Gasteiger partial charge in [-0.2, -0.15) is 0 Å². The number of aliphatic hydroxyl groups excluding tert-OH is 1. The third kappa shape index (κ3) is 0.895. The van der Waals surface area contributed by atoms with Crippen molar-refractivity contribution >= 4 is 17.7 Å². The van der Waals surface area contributed by atoms with Crippen molar-refractivity contribution in [1.82, 2.24) is 4.90 Å². The van der Waals surface area contributed by atoms with E-state index in [0.29, 0.717) is 0 Å². The first-order valence-electron chi connectivity index (χ1n) is 3.54. The van der Waals surface area contributed by atoms with Crippen molar-refractivity contribution in [3.8, 4) is 0 Å². The zero-order valence-corrected chi connectivity index (χ0v) is 6.91. The van der Waals surface area contributed by atoms with Crippen LogP contribution in [0, 0.1) is 0 Å². The van der Waals surface area contributed by atoms with Crippen LogP contribution in [0.3, 0.4) is 0 Å². The Balaban J connectivity index is 2.27. The van der Waals surface area contributed by atoms with Gasteiger partial charge in [0.1, 0.15) is 5.44 Å². The Morgan fingerprint density at radius 1 is 1.73 bits per heavy atom. The van der Waals surface area contributed by atoms with Gasteiger partial charge in [0, 0.05) is 6.08 Å². The van der Waals surface area contributed by atoms with E-state index in [1.54, 1.807) is 11.0 Å². The Morgan fingerprint density at radius 3 is 3.09 bits per heavy atom. The van der Waals surface area contributed by atoms with E-state index >= 15 is 0 Å². The molecule has 2 heterocycles. The molecule has 0 saturated carbocycles. The Kier molecular flexibility index (Phi) is 1.47. The lowest BCUT2D eigenvalue weighted by molar-refractivity contribution is -0.126. The second-order valence-corrected chi connectivity index (χ2v) is 4.16. The van der Waals surface area contributed by atoms with Crippen molar-refractivity contribution < 1.29 is 9.90 Å². The zero-order chi connectivity index (χ0) is 8.01. The Hall–Kier alpha value is -0.480. The topological polar surface area (TPSA) is 40.5 Å². The summed E-state index contributed by atoms with van der Waals surface area (Å²) in [5.74, 6) is 0.0200. The molecule has 3 nitrogen and oxygen atoms in total. The van der Waals surface area contributed by atoms with Crippen LogP contribution in [0.2, 0.25) is 0 Å². The maximum atomic E-state index is 11.1. The molecule has 0 spiro atoms. The summed E-state index contributed by atoms with van der Waals surface area (Å²) < 4.78 is 0. The van der Waals surface area contributed by atoms with Crippen LogP contribution in [0.15, 0.2) is 12.2 Å². The van der Waals surface area contributed by atoms with Gasteiger partial charge in [0.15, 0.2) is 0 Å². The number of thioether (sulfide) groups is 1. The molecule has 0 radical (unpaired) electrons. The number of carbonyl (C=O) groups is 1. The van der Waals surface area contributed by atoms with E-state index in [9.17, 15) is 9.90 Å². The van der Waals surface area contributed by atoms with Gasteiger partial charge in [-0.3, -0.25) is 4.79 Å². The molecule has 0 aromatic rings. The largest absolute Gasteiger partial charge is 0.380 e. The Labute approximate surface area is 69.1 Å². The molecule has 60 valence electrons. The summed E-state index contributed by atoms with van der Waals surface area (Å²) in [6.45, 7) is 1.93. The first-order chi connectivity index (χ1) is 5.20. The molecule has 0 aliphatic carbocycles. The standard InChI is InChI=1S/C7H9NO2S/c1-4-8-5(7(10)11-4)2-3-6(8)9/h2-5,7,10H,1H3. The van der Waals surface area contributed by atoms with Crippen molar-refractivity contribution in [3.63, 3.8) is 0 Å². The van der Waals surface area contributed by atoms with Crippen molar-refractivity contribution in [1.29, 1.82) is 0 Å². The normalized spacial score (nSPS) is 41.8. The molecule has 1 saturated heterocycles. The molecular weight excluding hydrogens is 162 g/mol. The average Bonchev–Trinajstić information content (AvgIpc) is 2.41. The summed E-state index contributed by atoms with van der Waals surface area (Å²) >= 11 is 1.43. The summed E-state index contributed by atoms with van der Waals surface area (Å²) in [5, 5.41) is 9.51. The van der Waals surface area contributed by atoms with Crippen molar-refractivity contribution in [2.24, 2.45) is 0 Å². The monoisotopic (exact) mass is 171 g/mol. The number of hydrogen-bond acceptors (Lipinski definition) is 3. The van der Waals surface area contributed by atoms with Gasteiger partial charge in [0.2, 0.25) is 5.91 Å². The van der Waals surface area contributed by atoms with Crippen LogP contribution in [0.25, 0.3) is 0 Å². The SMILES string of the molecule is CC1SC(O)C2C=CC(=O)N12. The second-order valence-electron chi connectivity index (χ2n) is 2.72. The Morgan fingerprint density at radius 2 is 2.45 bits per heavy atom. The lowest BCUT2D eigenvalue weighted by atomic mass is 10.3. The number of carbonyl (C=O) groups excluding carboxylic acids is 1. The minimum Gasteiger partial charge on any atom is -0.380 e. The highest BCUT2D eigenvalue weighted by Crippen LogP contribution is 2.37. The number of rotatable bonds is 0. The predicted octanol–water partition coefficient (Wildman–Crippen LogP) is 0.165. The van der Waals surface area contributed by atoms with E-state index in [4.69, 9.17) is 0 Å². The molecular formula is C7H9NO2S. The fraction of sp³-hybridized carbons (Fsp3) is 0.571. The molecule has 1 amide bonds. The van der Waals surface area contributed by atoms with Crippen LogP contribution in [0.1, 0.15) is 6.92 Å². The van der Waals surface area contributed by atoms with Gasteiger partial charge in [-0.05, 0) is 6.92 Å². The van der Waals surface area contributed by atoms with Gasteiger partial charge in [-0.1, -0.05) is 6.08 Å². The molecule has 2 rings (SSSR count). The number of nitrogens with zero attached hydrogens (tertiary/aromatic N) is 1. The summed E-state index contributed by atoms with van der Waals surface area (Å²) in [5.41, 5.74) is -0.437. The molecule has 1 fully saturated rings. The van der Waals surface area contributed by atoms with E-state index in [1.165, 1.54) is 17.8 Å². The van der Waals surface area contributed by atoms with Gasteiger partial charge in [-0.25, -0.2) is 0 Å². The zero-order valence-electron chi connectivity index (χ0n) is 6.10. The molecule has 0 aromatic carbocycles. The molecule has 2 aliphatic rings. The summed E-state index contributed by atoms with van der Waals surface area (Å²) in [7, 11) is 0. The smallest absolute Gasteiger partial charge is 0.247 e. The van der Waals surface area contributed by atoms with Crippen LogP contribution in [-0.4, -0.2) is 32.8 Å². The van der Waals surface area contributed by atoms with Gasteiger partial charge in [0.05, 0.1) is 11.4 Å². The first kappa shape index (κ1) is 7.18. The summed E-state index contributed by atoms with van der Waals surface area (Å²) in [6, 6.07) is -0.0810. The van der Waals surface area contributed by atoms with Crippen molar-refractivity contribution in [2.75, 3.05) is 0 Å². The molecule has 1 N–H and O–H groups in total. The number of aliphatic hydroxyl groups is 1. The lowest BCUT2D eigenvalue weighted by Crippen LogP contribution is -2.35. The van der Waals surface area contributed by atoms with Crippen molar-refractivity contribution in [3.05, 3.63) is 12.2 Å². The predicted molar refractivity (Wildman–Crippen MR) is 42.8 cm³/mol. The lowest BCUT2D eigenvalue weighted by Gasteiger charge is -2.19. The van der Waals surface area contributed by atoms with Gasteiger partial charge < -0.3 is 10.0 Å². The third-order valence-corrected chi connectivity index (χ3v) is 3.21. The highest BCUT2D eigenvalue weighted by molar-refractivity contribution is 8.00. The fourth-order valence-corrected chi connectivity index (χ4v) is 2.67. The number of hydrogen-bond donors (Lipinski definition) is 1. The first-order valence-corrected chi connectivity index (χ1v) is 4.48. The average molecular weight is 171 g/mol. The summed E-state index contributed by atoms with van der Waals surface area (Å²) in [4.78, 5) is 12.8. The molecule has 2 aliphatic heterocycles. The van der Waals surface area contributed by atoms with Crippen LogP contribution in [0.5, 0.6) is 0 Å². The number of amides is 1. The van der Waals surface area contributed by atoms with E-state index in [1.807, 2.05) is 6.92 Å². The van der Waals surface area contributed by atoms with E-state index in [2.05, 4.69) is 0 Å². The summed E-state index contributed by atoms with van der Waals surface area (Å²) in [6.07, 6.45) is 3.30. The Bertz CT molecular complexity index is 228. The highest BCUT2D eigenvalue weighted by Gasteiger charge is 2.42. The minimum atomic E-state index is -0.437. The second kappa shape index (κ2) is 2.25. The molecule has 4 heteroatoms. The quantitative estimate of drug-likeness (QED) is 0.564. The van der Waals surface area contributed by atoms with Gasteiger partial charge in [-0.15, -0.1) is 11.8 Å². The maximum absolute atomic E-state index is 11.1. The molecule has 11 heavy (non-hydrogen) atoms. The van der Waals surface area contributed by atoms with Crippen molar-refractivity contribution in [2.45, 2.75) is 23.8 Å². The maximum Gasteiger partial charge on any atom is 0.247 e. The highest BCUT2D eigenvalue weighted by atomic mass is 32.2. The van der Waals surface area contributed by atoms with E-state index in [-0.39, 0.29) is 17.3 Å². The van der Waals surface area contributed by atoms with E-state index < -0.39 is 5.44 Å². The van der Waals surface area contributed by atoms with Crippen LogP contribution >= 0.6 is 11.8 Å². The number of fused-ring (bicyclic) bond motifs is 1. The molecule has 3 atom stereocenters. The molecule has 0 aromatic heterocycles. The molecule has 0 bridgehead atoms. The fourth-order valence-electron chi connectivity index (χ4n) is 1.51. The van der Waals surface area contributed by atoms with Gasteiger partial charge >= 0.3 is 0 Å².